The second kappa shape index (κ2) is 5.16. The minimum absolute atomic E-state index is 0.156. The first-order chi connectivity index (χ1) is 8.12. The molecule has 0 spiro atoms. The van der Waals surface area contributed by atoms with Gasteiger partial charge in [0.15, 0.2) is 0 Å². The molecule has 5 heteroatoms. The van der Waals surface area contributed by atoms with E-state index in [2.05, 4.69) is 10.0 Å². The second-order valence-electron chi connectivity index (χ2n) is 4.39. The van der Waals surface area contributed by atoms with Crippen LogP contribution in [0.5, 0.6) is 0 Å². The second-order valence-corrected chi connectivity index (χ2v) is 6.11. The highest BCUT2D eigenvalue weighted by Crippen LogP contribution is 2.22. The Morgan fingerprint density at radius 1 is 1.24 bits per heavy atom. The predicted octanol–water partition coefficient (Wildman–Crippen LogP) is 0.889. The third-order valence-corrected chi connectivity index (χ3v) is 4.33. The number of benzene rings is 1. The molecule has 0 aliphatic heterocycles. The normalized spacial score (nSPS) is 16.1. The van der Waals surface area contributed by atoms with E-state index in [1.54, 1.807) is 12.1 Å². The summed E-state index contributed by atoms with van der Waals surface area (Å²) in [6, 6.07) is 7.26. The van der Waals surface area contributed by atoms with Crippen LogP contribution in [0.2, 0.25) is 0 Å². The first kappa shape index (κ1) is 12.5. The number of likely N-dealkylation sites (N-methyl/N-ethyl adjacent to an activating group) is 1. The number of hydrogen-bond acceptors (Lipinski definition) is 3. The van der Waals surface area contributed by atoms with Gasteiger partial charge in [-0.3, -0.25) is 0 Å². The Kier molecular flexibility index (Phi) is 3.81. The van der Waals surface area contributed by atoms with Gasteiger partial charge in [0.2, 0.25) is 10.0 Å². The van der Waals surface area contributed by atoms with Crippen molar-refractivity contribution in [3.8, 4) is 0 Å². The van der Waals surface area contributed by atoms with Crippen LogP contribution in [0, 0.1) is 0 Å². The molecule has 0 bridgehead atoms. The van der Waals surface area contributed by atoms with Crippen molar-refractivity contribution >= 4 is 10.0 Å². The molecular weight excluding hydrogens is 236 g/mol. The monoisotopic (exact) mass is 254 g/mol. The number of hydrogen-bond donors (Lipinski definition) is 2. The SMILES string of the molecule is CNCCc1ccc(S(=O)(=O)NC2CC2)cc1. The van der Waals surface area contributed by atoms with Crippen molar-refractivity contribution in [1.29, 1.82) is 0 Å². The van der Waals surface area contributed by atoms with Gasteiger partial charge in [0.05, 0.1) is 4.90 Å². The van der Waals surface area contributed by atoms with Crippen molar-refractivity contribution < 1.29 is 8.42 Å². The first-order valence-corrected chi connectivity index (χ1v) is 7.36. The van der Waals surface area contributed by atoms with Gasteiger partial charge in [-0.25, -0.2) is 13.1 Å². The lowest BCUT2D eigenvalue weighted by Crippen LogP contribution is -2.25. The minimum atomic E-state index is -3.30. The number of sulfonamides is 1. The van der Waals surface area contributed by atoms with Gasteiger partial charge < -0.3 is 5.32 Å². The third kappa shape index (κ3) is 3.52. The highest BCUT2D eigenvalue weighted by Gasteiger charge is 2.27. The summed E-state index contributed by atoms with van der Waals surface area (Å²) >= 11 is 0. The maximum absolute atomic E-state index is 11.9. The lowest BCUT2D eigenvalue weighted by atomic mass is 10.1. The molecular formula is C12H18N2O2S. The molecule has 0 amide bonds. The summed E-state index contributed by atoms with van der Waals surface area (Å²) in [5.41, 5.74) is 1.14. The summed E-state index contributed by atoms with van der Waals surface area (Å²) in [5, 5.41) is 3.06. The van der Waals surface area contributed by atoms with E-state index < -0.39 is 10.0 Å². The Balaban J connectivity index is 2.05. The molecule has 0 heterocycles. The predicted molar refractivity (Wildman–Crippen MR) is 67.4 cm³/mol. The van der Waals surface area contributed by atoms with Crippen molar-refractivity contribution in [1.82, 2.24) is 10.0 Å². The van der Waals surface area contributed by atoms with E-state index >= 15 is 0 Å². The zero-order chi connectivity index (χ0) is 12.3. The van der Waals surface area contributed by atoms with Crippen LogP contribution in [0.4, 0.5) is 0 Å². The third-order valence-electron chi connectivity index (χ3n) is 2.80. The summed E-state index contributed by atoms with van der Waals surface area (Å²) in [4.78, 5) is 0.359. The van der Waals surface area contributed by atoms with Crippen LogP contribution >= 0.6 is 0 Å². The Bertz CT molecular complexity index is 464. The van der Waals surface area contributed by atoms with Crippen LogP contribution in [0.15, 0.2) is 29.2 Å². The molecule has 2 N–H and O–H groups in total. The maximum atomic E-state index is 11.9. The lowest BCUT2D eigenvalue weighted by molar-refractivity contribution is 0.581. The molecule has 17 heavy (non-hydrogen) atoms. The van der Waals surface area contributed by atoms with Gasteiger partial charge in [0.1, 0.15) is 0 Å². The molecule has 0 atom stereocenters. The lowest BCUT2D eigenvalue weighted by Gasteiger charge is -2.06. The Morgan fingerprint density at radius 3 is 2.41 bits per heavy atom. The molecule has 0 radical (unpaired) electrons. The number of nitrogens with one attached hydrogen (secondary N) is 2. The molecule has 0 unspecified atom stereocenters. The van der Waals surface area contributed by atoms with Crippen LogP contribution in [0.3, 0.4) is 0 Å². The van der Waals surface area contributed by atoms with E-state index in [4.69, 9.17) is 0 Å². The van der Waals surface area contributed by atoms with Crippen LogP contribution in [0.25, 0.3) is 0 Å². The van der Waals surface area contributed by atoms with Gasteiger partial charge in [-0.15, -0.1) is 0 Å². The van der Waals surface area contributed by atoms with Crippen molar-refractivity contribution in [2.45, 2.75) is 30.2 Å². The zero-order valence-electron chi connectivity index (χ0n) is 9.94. The van der Waals surface area contributed by atoms with E-state index in [0.29, 0.717) is 4.90 Å². The fourth-order valence-electron chi connectivity index (χ4n) is 1.59. The van der Waals surface area contributed by atoms with Gasteiger partial charge in [-0.2, -0.15) is 0 Å². The van der Waals surface area contributed by atoms with Crippen LogP contribution < -0.4 is 10.0 Å². The van der Waals surface area contributed by atoms with Crippen molar-refractivity contribution in [3.63, 3.8) is 0 Å². The highest BCUT2D eigenvalue weighted by atomic mass is 32.2. The van der Waals surface area contributed by atoms with E-state index in [-0.39, 0.29) is 6.04 Å². The van der Waals surface area contributed by atoms with E-state index in [1.807, 2.05) is 19.2 Å². The summed E-state index contributed by atoms with van der Waals surface area (Å²) in [7, 11) is -1.40. The molecule has 2 rings (SSSR count). The average Bonchev–Trinajstić information content (AvgIpc) is 3.10. The Labute approximate surface area is 102 Å². The van der Waals surface area contributed by atoms with Gasteiger partial charge in [-0.05, 0) is 50.6 Å². The highest BCUT2D eigenvalue weighted by molar-refractivity contribution is 7.89. The summed E-state index contributed by atoms with van der Waals surface area (Å²) < 4.78 is 26.4. The summed E-state index contributed by atoms with van der Waals surface area (Å²) in [5.74, 6) is 0. The fourth-order valence-corrected chi connectivity index (χ4v) is 2.90. The molecule has 1 aromatic rings. The quantitative estimate of drug-likeness (QED) is 0.792. The zero-order valence-corrected chi connectivity index (χ0v) is 10.8. The van der Waals surface area contributed by atoms with Crippen LogP contribution in [-0.2, 0) is 16.4 Å². The van der Waals surface area contributed by atoms with E-state index in [1.165, 1.54) is 0 Å². The van der Waals surface area contributed by atoms with Gasteiger partial charge in [0.25, 0.3) is 0 Å². The van der Waals surface area contributed by atoms with E-state index in [9.17, 15) is 8.42 Å². The molecule has 1 aromatic carbocycles. The molecule has 1 aliphatic carbocycles. The summed E-state index contributed by atoms with van der Waals surface area (Å²) in [6.07, 6.45) is 2.83. The average molecular weight is 254 g/mol. The van der Waals surface area contributed by atoms with E-state index in [0.717, 1.165) is 31.4 Å². The largest absolute Gasteiger partial charge is 0.319 e. The molecule has 1 saturated carbocycles. The van der Waals surface area contributed by atoms with Crippen molar-refractivity contribution in [3.05, 3.63) is 29.8 Å². The molecule has 1 fully saturated rings. The number of rotatable bonds is 6. The van der Waals surface area contributed by atoms with Gasteiger partial charge in [-0.1, -0.05) is 12.1 Å². The Morgan fingerprint density at radius 2 is 1.88 bits per heavy atom. The van der Waals surface area contributed by atoms with Gasteiger partial charge >= 0.3 is 0 Å². The summed E-state index contributed by atoms with van der Waals surface area (Å²) in [6.45, 7) is 0.895. The Hall–Kier alpha value is -0.910. The van der Waals surface area contributed by atoms with Crippen LogP contribution in [-0.4, -0.2) is 28.1 Å². The molecule has 94 valence electrons. The fraction of sp³-hybridized carbons (Fsp3) is 0.500. The molecule has 4 nitrogen and oxygen atoms in total. The maximum Gasteiger partial charge on any atom is 0.240 e. The first-order valence-electron chi connectivity index (χ1n) is 5.88. The smallest absolute Gasteiger partial charge is 0.240 e. The molecule has 0 aromatic heterocycles. The van der Waals surface area contributed by atoms with Crippen molar-refractivity contribution in [2.75, 3.05) is 13.6 Å². The molecule has 0 saturated heterocycles. The van der Waals surface area contributed by atoms with Crippen molar-refractivity contribution in [2.24, 2.45) is 0 Å². The van der Waals surface area contributed by atoms with Gasteiger partial charge in [0, 0.05) is 6.04 Å². The van der Waals surface area contributed by atoms with Crippen LogP contribution in [0.1, 0.15) is 18.4 Å². The minimum Gasteiger partial charge on any atom is -0.319 e. The standard InChI is InChI=1S/C12H18N2O2S/c1-13-9-8-10-2-6-12(7-3-10)17(15,16)14-11-4-5-11/h2-3,6-7,11,13-14H,4-5,8-9H2,1H3. The topological polar surface area (TPSA) is 58.2 Å². The molecule has 1 aliphatic rings.